The molecule has 1 heterocycles. The molecule has 4 nitrogen and oxygen atoms in total. The molecule has 2 rings (SSSR count). The zero-order chi connectivity index (χ0) is 12.4. The number of hydrogen-bond donors (Lipinski definition) is 2. The van der Waals surface area contributed by atoms with Crippen molar-refractivity contribution in [2.75, 3.05) is 13.2 Å². The predicted octanol–water partition coefficient (Wildman–Crippen LogP) is 2.04. The third-order valence-electron chi connectivity index (χ3n) is 2.52. The lowest BCUT2D eigenvalue weighted by atomic mass is 10.2. The number of rotatable bonds is 3. The molecular weight excluding hydrogens is 291 g/mol. The fourth-order valence-electron chi connectivity index (χ4n) is 1.62. The molecule has 0 bridgehead atoms. The van der Waals surface area contributed by atoms with Crippen molar-refractivity contribution in [2.24, 2.45) is 5.73 Å². The van der Waals surface area contributed by atoms with Crippen LogP contribution in [0.15, 0.2) is 16.6 Å². The minimum Gasteiger partial charge on any atom is -0.485 e. The number of amidine groups is 1. The maximum Gasteiger partial charge on any atom is 0.179 e. The lowest BCUT2D eigenvalue weighted by molar-refractivity contribution is 0.138. The molecule has 17 heavy (non-hydrogen) atoms. The summed E-state index contributed by atoms with van der Waals surface area (Å²) in [5.74, 6) is -0.575. The predicted molar refractivity (Wildman–Crippen MR) is 65.0 cm³/mol. The second kappa shape index (κ2) is 5.01. The highest BCUT2D eigenvalue weighted by Crippen LogP contribution is 2.29. The molecule has 1 aromatic carbocycles. The number of nitrogens with one attached hydrogen (secondary N) is 1. The third-order valence-corrected chi connectivity index (χ3v) is 3.29. The van der Waals surface area contributed by atoms with E-state index in [1.165, 1.54) is 6.07 Å². The van der Waals surface area contributed by atoms with Crippen LogP contribution >= 0.6 is 15.9 Å². The molecular formula is C11H12BrFN2O2. The summed E-state index contributed by atoms with van der Waals surface area (Å²) in [6.45, 7) is 1.12. The van der Waals surface area contributed by atoms with Crippen LogP contribution in [0.5, 0.6) is 5.75 Å². The van der Waals surface area contributed by atoms with Crippen LogP contribution in [0.4, 0.5) is 4.39 Å². The van der Waals surface area contributed by atoms with Gasteiger partial charge < -0.3 is 15.2 Å². The molecule has 1 saturated heterocycles. The molecule has 0 aliphatic carbocycles. The van der Waals surface area contributed by atoms with Gasteiger partial charge in [-0.1, -0.05) is 0 Å². The largest absolute Gasteiger partial charge is 0.485 e. The van der Waals surface area contributed by atoms with E-state index in [9.17, 15) is 4.39 Å². The number of hydrogen-bond acceptors (Lipinski definition) is 3. The van der Waals surface area contributed by atoms with Gasteiger partial charge in [-0.3, -0.25) is 5.41 Å². The van der Waals surface area contributed by atoms with E-state index in [-0.39, 0.29) is 22.2 Å². The third kappa shape index (κ3) is 2.58. The number of nitrogens with two attached hydrogens (primary N) is 1. The van der Waals surface area contributed by atoms with E-state index in [2.05, 4.69) is 15.9 Å². The lowest BCUT2D eigenvalue weighted by Crippen LogP contribution is -2.17. The first kappa shape index (κ1) is 12.3. The summed E-state index contributed by atoms with van der Waals surface area (Å²) in [5.41, 5.74) is 5.64. The van der Waals surface area contributed by atoms with Crippen molar-refractivity contribution in [3.63, 3.8) is 0 Å². The van der Waals surface area contributed by atoms with E-state index < -0.39 is 5.82 Å². The van der Waals surface area contributed by atoms with Crippen LogP contribution in [0.1, 0.15) is 12.0 Å². The monoisotopic (exact) mass is 302 g/mol. The molecule has 0 amide bonds. The minimum absolute atomic E-state index is 0.112. The average molecular weight is 303 g/mol. The Balaban J connectivity index is 2.23. The molecule has 92 valence electrons. The Hall–Kier alpha value is -1.14. The van der Waals surface area contributed by atoms with Gasteiger partial charge in [-0.05, 0) is 28.1 Å². The van der Waals surface area contributed by atoms with Crippen LogP contribution in [0.25, 0.3) is 0 Å². The van der Waals surface area contributed by atoms with Crippen molar-refractivity contribution in [1.29, 1.82) is 5.41 Å². The van der Waals surface area contributed by atoms with Gasteiger partial charge in [-0.15, -0.1) is 0 Å². The molecule has 1 aliphatic heterocycles. The Labute approximate surface area is 107 Å². The van der Waals surface area contributed by atoms with Crippen LogP contribution in [0, 0.1) is 11.2 Å². The van der Waals surface area contributed by atoms with E-state index in [4.69, 9.17) is 20.6 Å². The minimum atomic E-state index is -0.537. The second-order valence-corrected chi connectivity index (χ2v) is 4.55. The molecule has 0 radical (unpaired) electrons. The van der Waals surface area contributed by atoms with E-state index in [0.29, 0.717) is 18.8 Å². The van der Waals surface area contributed by atoms with Crippen molar-refractivity contribution < 1.29 is 13.9 Å². The quantitative estimate of drug-likeness (QED) is 0.663. The van der Waals surface area contributed by atoms with Crippen molar-refractivity contribution >= 4 is 21.8 Å². The Bertz CT molecular complexity index is 447. The number of halogens is 2. The number of nitrogen functional groups attached to an aromatic ring is 1. The molecule has 1 aromatic rings. The van der Waals surface area contributed by atoms with Crippen LogP contribution < -0.4 is 10.5 Å². The van der Waals surface area contributed by atoms with E-state index in [1.54, 1.807) is 6.07 Å². The Morgan fingerprint density at radius 3 is 2.94 bits per heavy atom. The zero-order valence-electron chi connectivity index (χ0n) is 9.00. The Morgan fingerprint density at radius 2 is 2.35 bits per heavy atom. The van der Waals surface area contributed by atoms with Crippen molar-refractivity contribution in [3.05, 3.63) is 28.0 Å². The average Bonchev–Trinajstić information content (AvgIpc) is 2.77. The molecule has 1 aliphatic rings. The van der Waals surface area contributed by atoms with Crippen LogP contribution in [0.3, 0.4) is 0 Å². The molecule has 1 fully saturated rings. The summed E-state index contributed by atoms with van der Waals surface area (Å²) in [6, 6.07) is 3.04. The van der Waals surface area contributed by atoms with Crippen LogP contribution in [0.2, 0.25) is 0 Å². The normalized spacial score (nSPS) is 19.3. The summed E-state index contributed by atoms with van der Waals surface area (Å²) >= 11 is 3.07. The van der Waals surface area contributed by atoms with Gasteiger partial charge in [0.25, 0.3) is 0 Å². The number of benzene rings is 1. The van der Waals surface area contributed by atoms with Crippen molar-refractivity contribution in [3.8, 4) is 5.75 Å². The van der Waals surface area contributed by atoms with E-state index in [0.717, 1.165) is 6.42 Å². The first-order valence-electron chi connectivity index (χ1n) is 5.16. The Kier molecular flexibility index (Phi) is 3.63. The van der Waals surface area contributed by atoms with Gasteiger partial charge in [0.05, 0.1) is 17.7 Å². The fourth-order valence-corrected chi connectivity index (χ4v) is 2.16. The smallest absolute Gasteiger partial charge is 0.179 e. The molecule has 0 spiro atoms. The highest BCUT2D eigenvalue weighted by Gasteiger charge is 2.21. The zero-order valence-corrected chi connectivity index (χ0v) is 10.6. The standard InChI is InChI=1S/C11H12BrFN2O2/c12-9-7(11(14)15)1-2-8(10(9)13)17-6-3-4-16-5-6/h1-2,6H,3-5H2,(H3,14,15). The van der Waals surface area contributed by atoms with Gasteiger partial charge in [-0.2, -0.15) is 0 Å². The van der Waals surface area contributed by atoms with Crippen LogP contribution in [-0.4, -0.2) is 25.2 Å². The summed E-state index contributed by atoms with van der Waals surface area (Å²) < 4.78 is 24.7. The van der Waals surface area contributed by atoms with Gasteiger partial charge in [0.15, 0.2) is 11.6 Å². The summed E-state index contributed by atoms with van der Waals surface area (Å²) in [5, 5.41) is 7.29. The molecule has 6 heteroatoms. The molecule has 1 unspecified atom stereocenters. The van der Waals surface area contributed by atoms with Gasteiger partial charge >= 0.3 is 0 Å². The summed E-state index contributed by atoms with van der Waals surface area (Å²) in [7, 11) is 0. The van der Waals surface area contributed by atoms with Gasteiger partial charge in [0.1, 0.15) is 11.9 Å². The molecule has 1 atom stereocenters. The summed E-state index contributed by atoms with van der Waals surface area (Å²) in [6.07, 6.45) is 0.644. The highest BCUT2D eigenvalue weighted by atomic mass is 79.9. The topological polar surface area (TPSA) is 68.3 Å². The molecule has 0 saturated carbocycles. The van der Waals surface area contributed by atoms with E-state index >= 15 is 0 Å². The summed E-state index contributed by atoms with van der Waals surface area (Å²) in [4.78, 5) is 0. The number of ether oxygens (including phenoxy) is 2. The second-order valence-electron chi connectivity index (χ2n) is 3.76. The first-order chi connectivity index (χ1) is 8.09. The molecule has 3 N–H and O–H groups in total. The van der Waals surface area contributed by atoms with Gasteiger partial charge in [0, 0.05) is 12.0 Å². The molecule has 0 aromatic heterocycles. The van der Waals surface area contributed by atoms with Crippen molar-refractivity contribution in [2.45, 2.75) is 12.5 Å². The SMILES string of the molecule is N=C(N)c1ccc(OC2CCOC2)c(F)c1Br. The highest BCUT2D eigenvalue weighted by molar-refractivity contribution is 9.10. The van der Waals surface area contributed by atoms with Crippen molar-refractivity contribution in [1.82, 2.24) is 0 Å². The lowest BCUT2D eigenvalue weighted by Gasteiger charge is -2.14. The van der Waals surface area contributed by atoms with Gasteiger partial charge in [0.2, 0.25) is 0 Å². The van der Waals surface area contributed by atoms with E-state index in [1.807, 2.05) is 0 Å². The van der Waals surface area contributed by atoms with Gasteiger partial charge in [-0.25, -0.2) is 4.39 Å². The fraction of sp³-hybridized carbons (Fsp3) is 0.364. The van der Waals surface area contributed by atoms with Crippen LogP contribution in [-0.2, 0) is 4.74 Å². The Morgan fingerprint density at radius 1 is 1.59 bits per heavy atom. The maximum atomic E-state index is 13.9. The first-order valence-corrected chi connectivity index (χ1v) is 5.95. The maximum absolute atomic E-state index is 13.9.